The van der Waals surface area contributed by atoms with Crippen LogP contribution in [0.3, 0.4) is 0 Å². The van der Waals surface area contributed by atoms with E-state index < -0.39 is 87.0 Å². The Bertz CT molecular complexity index is 2760. The molecule has 4 aliphatic rings. The Morgan fingerprint density at radius 3 is 2.52 bits per heavy atom. The predicted molar refractivity (Wildman–Crippen MR) is 246 cm³/mol. The van der Waals surface area contributed by atoms with Gasteiger partial charge >= 0.3 is 13.1 Å². The number of likely N-dealkylation sites (tertiary alicyclic amines) is 1. The van der Waals surface area contributed by atoms with Crippen LogP contribution in [0.4, 0.5) is 14.9 Å². The molecule has 5 amide bonds. The van der Waals surface area contributed by atoms with Gasteiger partial charge in [0.1, 0.15) is 51.7 Å². The fraction of sp³-hybridized carbons (Fsp3) is 0.467. The summed E-state index contributed by atoms with van der Waals surface area (Å²) >= 11 is 1.43. The molecule has 0 bridgehead atoms. The molecule has 4 heterocycles. The van der Waals surface area contributed by atoms with Gasteiger partial charge in [-0.1, -0.05) is 40.7 Å². The van der Waals surface area contributed by atoms with E-state index in [0.717, 1.165) is 17.3 Å². The molecule has 0 radical (unpaired) electrons. The topological polar surface area (TPSA) is 227 Å². The van der Waals surface area contributed by atoms with E-state index in [0.29, 0.717) is 51.5 Å². The third kappa shape index (κ3) is 9.09. The number of hydrogen-bond acceptors (Lipinski definition) is 13. The van der Waals surface area contributed by atoms with Crippen LogP contribution in [0.5, 0.6) is 11.5 Å². The van der Waals surface area contributed by atoms with E-state index in [1.165, 1.54) is 28.4 Å². The highest BCUT2D eigenvalue weighted by Gasteiger charge is 2.62. The maximum Gasteiger partial charge on any atom is 0.491 e. The average Bonchev–Trinajstić information content (AvgIpc) is 4.09. The van der Waals surface area contributed by atoms with Gasteiger partial charge in [0, 0.05) is 34.7 Å². The van der Waals surface area contributed by atoms with Gasteiger partial charge in [0.05, 0.1) is 42.4 Å². The molecule has 21 heteroatoms. The van der Waals surface area contributed by atoms with Crippen LogP contribution in [0, 0.1) is 24.1 Å². The van der Waals surface area contributed by atoms with Crippen LogP contribution in [-0.2, 0) is 35.7 Å². The lowest BCUT2D eigenvalue weighted by Gasteiger charge is -2.35. The van der Waals surface area contributed by atoms with Crippen LogP contribution in [0.25, 0.3) is 21.6 Å². The Hall–Kier alpha value is -5.64. The second-order valence-electron chi connectivity index (χ2n) is 18.8. The van der Waals surface area contributed by atoms with Crippen LogP contribution in [-0.4, -0.2) is 102 Å². The van der Waals surface area contributed by atoms with Crippen molar-refractivity contribution in [2.24, 2.45) is 11.3 Å². The van der Waals surface area contributed by atoms with Crippen molar-refractivity contribution in [1.29, 1.82) is 0 Å². The van der Waals surface area contributed by atoms with E-state index in [1.807, 2.05) is 32.2 Å². The van der Waals surface area contributed by atoms with E-state index in [2.05, 4.69) is 27.3 Å². The molecule has 5 atom stereocenters. The number of anilines is 1. The normalized spacial score (nSPS) is 21.9. The lowest BCUT2D eigenvalue weighted by molar-refractivity contribution is -0.142. The van der Waals surface area contributed by atoms with Gasteiger partial charge in [-0.2, -0.15) is 0 Å². The quantitative estimate of drug-likeness (QED) is 0.0876. The zero-order valence-electron chi connectivity index (χ0n) is 37.7. The van der Waals surface area contributed by atoms with E-state index in [-0.39, 0.29) is 43.1 Å². The third-order valence-corrected chi connectivity index (χ3v) is 15.3. The molecule has 0 unspecified atom stereocenters. The minimum absolute atomic E-state index is 0.00664. The van der Waals surface area contributed by atoms with E-state index in [9.17, 15) is 27.8 Å². The number of ether oxygens (including phenoxy) is 2. The minimum Gasteiger partial charge on any atom is -0.496 e. The van der Waals surface area contributed by atoms with Gasteiger partial charge in [-0.15, -0.1) is 17.9 Å². The number of benzene rings is 2. The number of rotatable bonds is 14. The number of aryl methyl sites for hydroxylation is 1. The number of carbonyl (C=O) groups excluding carboxylic acids is 4. The van der Waals surface area contributed by atoms with Crippen molar-refractivity contribution in [2.75, 3.05) is 19.0 Å². The molecule has 0 spiro atoms. The predicted octanol–water partition coefficient (Wildman–Crippen LogP) is 4.41. The smallest absolute Gasteiger partial charge is 0.491 e. The Kier molecular flexibility index (Phi) is 12.5. The number of nitrogens with one attached hydrogen (secondary N) is 4. The maximum absolute atomic E-state index is 15.2. The highest BCUT2D eigenvalue weighted by atomic mass is 32.2. The summed E-state index contributed by atoms with van der Waals surface area (Å²) in [4.78, 5) is 68.2. The van der Waals surface area contributed by atoms with Gasteiger partial charge in [0.25, 0.3) is 5.91 Å². The lowest BCUT2D eigenvalue weighted by atomic mass is 9.79. The molecule has 8 rings (SSSR count). The van der Waals surface area contributed by atoms with E-state index in [4.69, 9.17) is 24.1 Å². The summed E-state index contributed by atoms with van der Waals surface area (Å²) in [5, 5.41) is 20.7. The van der Waals surface area contributed by atoms with E-state index in [1.54, 1.807) is 40.0 Å². The summed E-state index contributed by atoms with van der Waals surface area (Å²) in [6, 6.07) is 4.25. The van der Waals surface area contributed by atoms with Crippen molar-refractivity contribution < 1.29 is 51.1 Å². The van der Waals surface area contributed by atoms with E-state index >= 15 is 9.18 Å². The molecule has 2 aromatic heterocycles. The molecular weight excluding hydrogens is 892 g/mol. The Morgan fingerprint density at radius 1 is 1.14 bits per heavy atom. The number of nitrogens with zero attached hydrogens (tertiary/aromatic N) is 3. The van der Waals surface area contributed by atoms with Crippen molar-refractivity contribution in [1.82, 2.24) is 30.2 Å². The van der Waals surface area contributed by atoms with Crippen molar-refractivity contribution in [2.45, 2.75) is 109 Å². The minimum atomic E-state index is -3.98. The summed E-state index contributed by atoms with van der Waals surface area (Å²) in [6.45, 7) is 14.7. The molecule has 3 fully saturated rings. The van der Waals surface area contributed by atoms with Gasteiger partial charge < -0.3 is 40.0 Å². The largest absolute Gasteiger partial charge is 0.496 e. The van der Waals surface area contributed by atoms with Crippen molar-refractivity contribution in [3.63, 3.8) is 0 Å². The number of halogens is 1. The summed E-state index contributed by atoms with van der Waals surface area (Å²) in [5.41, 5.74) is 0.579. The Labute approximate surface area is 386 Å². The number of fused-ring (bicyclic) bond motifs is 2. The average molecular weight is 946 g/mol. The van der Waals surface area contributed by atoms with Crippen LogP contribution in [0.2, 0.25) is 0 Å². The summed E-state index contributed by atoms with van der Waals surface area (Å²) in [5.74, 6) is -2.55. The van der Waals surface area contributed by atoms with Crippen molar-refractivity contribution in [3.8, 4) is 22.2 Å². The first-order chi connectivity index (χ1) is 31.1. The maximum atomic E-state index is 15.2. The van der Waals surface area contributed by atoms with Gasteiger partial charge in [-0.25, -0.2) is 27.6 Å². The lowest BCUT2D eigenvalue weighted by Crippen LogP contribution is -2.60. The molecule has 2 saturated carbocycles. The van der Waals surface area contributed by atoms with Gasteiger partial charge in [-0.05, 0) is 72.8 Å². The van der Waals surface area contributed by atoms with Crippen LogP contribution >= 0.6 is 11.3 Å². The standard InChI is InChI=1S/C45H53BFN7O10S2/c1-9-25-18-45(25,42(57)53-66(60,61)27-10-11-27)52-39(55)34-15-26(64-36-17-32(40-49-33(21-65-40)22(2)3)48-37-23(4)35(62-8)13-12-28(36)37)19-54(34)41(56)38(44(5,6)7)51-43(58)50-31-16-29-24(14-30(31)47)20-63-46(29)59/h9,12-14,16-17,21-22,25-27,34,38,59H,1,10-11,15,18-20H2,2-8H3,(H,52,55)(H,53,57)(H2,50,51,58)/t25-,26-,34+,38-,45-/m1/s1. The monoisotopic (exact) mass is 945 g/mol. The fourth-order valence-corrected chi connectivity index (χ4v) is 10.8. The zero-order valence-corrected chi connectivity index (χ0v) is 39.3. The molecule has 2 aliphatic heterocycles. The second-order valence-corrected chi connectivity index (χ2v) is 21.6. The van der Waals surface area contributed by atoms with Crippen molar-refractivity contribution in [3.05, 3.63) is 71.0 Å². The first-order valence-electron chi connectivity index (χ1n) is 21.8. The molecule has 1 saturated heterocycles. The second kappa shape index (κ2) is 17.5. The first-order valence-corrected chi connectivity index (χ1v) is 24.2. The number of amides is 5. The van der Waals surface area contributed by atoms with Gasteiger partial charge in [0.2, 0.25) is 21.8 Å². The molecule has 4 aromatic rings. The Balaban J connectivity index is 1.12. The first kappa shape index (κ1) is 46.9. The summed E-state index contributed by atoms with van der Waals surface area (Å²) < 4.78 is 60.7. The molecular formula is C45H53BFN7O10S2. The number of aromatic nitrogens is 2. The van der Waals surface area contributed by atoms with Gasteiger partial charge in [-0.3, -0.25) is 19.1 Å². The third-order valence-electron chi connectivity index (χ3n) is 12.6. The number of pyridine rings is 1. The molecule has 350 valence electrons. The Morgan fingerprint density at radius 2 is 1.88 bits per heavy atom. The number of urea groups is 1. The summed E-state index contributed by atoms with van der Waals surface area (Å²) in [7, 11) is -3.72. The highest BCUT2D eigenvalue weighted by molar-refractivity contribution is 7.91. The SMILES string of the molecule is C=C[C@@H]1C[C@]1(NC(=O)[C@@H]1C[C@@H](Oc2cc(-c3nc(C(C)C)cs3)nc3c(C)c(OC)ccc23)CN1C(=O)[C@@H](NC(=O)Nc1cc2c(cc1F)COB2O)C(C)(C)C)C(=O)NS(=O)(=O)C1CC1. The molecule has 66 heavy (non-hydrogen) atoms. The highest BCUT2D eigenvalue weighted by Crippen LogP contribution is 2.46. The number of methoxy groups -OCH3 is 1. The fourth-order valence-electron chi connectivity index (χ4n) is 8.49. The summed E-state index contributed by atoms with van der Waals surface area (Å²) in [6.07, 6.45) is 1.46. The van der Waals surface area contributed by atoms with Crippen LogP contribution in [0.15, 0.2) is 48.4 Å². The number of hydrogen-bond donors (Lipinski definition) is 5. The number of carbonyl (C=O) groups is 4. The molecule has 2 aliphatic carbocycles. The van der Waals surface area contributed by atoms with Crippen LogP contribution < -0.4 is 35.6 Å². The van der Waals surface area contributed by atoms with Crippen molar-refractivity contribution >= 4 is 74.3 Å². The molecule has 17 nitrogen and oxygen atoms in total. The number of sulfonamides is 1. The molecule has 2 aromatic carbocycles. The zero-order chi connectivity index (χ0) is 47.6. The molecule has 5 N–H and O–H groups in total. The number of thiazole rings is 1. The van der Waals surface area contributed by atoms with Gasteiger partial charge in [0.15, 0.2) is 0 Å². The van der Waals surface area contributed by atoms with Crippen LogP contribution in [0.1, 0.15) is 83.0 Å².